The topological polar surface area (TPSA) is 43.4 Å². The number of rotatable bonds is 4. The highest BCUT2D eigenvalue weighted by Gasteiger charge is 2.10. The maximum Gasteiger partial charge on any atom is 0.221 e. The Bertz CT molecular complexity index is 1050. The molecule has 2 aromatic carbocycles. The molecule has 0 aliphatic carbocycles. The average Bonchev–Trinajstić information content (AvgIpc) is 3.27. The van der Waals surface area contributed by atoms with Crippen molar-refractivity contribution in [2.45, 2.75) is 0 Å². The van der Waals surface area contributed by atoms with Crippen LogP contribution in [0.5, 0.6) is 0 Å². The van der Waals surface area contributed by atoms with Crippen molar-refractivity contribution in [1.82, 2.24) is 0 Å². The van der Waals surface area contributed by atoms with Gasteiger partial charge in [0.2, 0.25) is 5.78 Å². The maximum absolute atomic E-state index is 12.3. The summed E-state index contributed by atoms with van der Waals surface area (Å²) < 4.78 is 12.3. The highest BCUT2D eigenvalue weighted by Crippen LogP contribution is 2.29. The van der Waals surface area contributed by atoms with Crippen LogP contribution in [0.25, 0.3) is 28.4 Å². The Balaban J connectivity index is 1.56. The molecule has 4 aromatic rings. The number of benzene rings is 2. The predicted octanol–water partition coefficient (Wildman–Crippen LogP) is 6.35. The van der Waals surface area contributed by atoms with Crippen LogP contribution in [0.1, 0.15) is 16.3 Å². The van der Waals surface area contributed by atoms with Gasteiger partial charge in [0, 0.05) is 15.4 Å². The van der Waals surface area contributed by atoms with Crippen molar-refractivity contribution in [2.75, 3.05) is 0 Å². The molecule has 0 saturated heterocycles. The van der Waals surface area contributed by atoms with Gasteiger partial charge in [-0.25, -0.2) is 0 Å². The van der Waals surface area contributed by atoms with Crippen LogP contribution >= 0.6 is 15.9 Å². The van der Waals surface area contributed by atoms with Crippen LogP contribution < -0.4 is 0 Å². The van der Waals surface area contributed by atoms with E-state index in [9.17, 15) is 4.79 Å². The van der Waals surface area contributed by atoms with Crippen molar-refractivity contribution in [3.8, 4) is 11.3 Å². The minimum atomic E-state index is -0.199. The monoisotopic (exact) mass is 392 g/mol. The Morgan fingerprint density at radius 2 is 1.72 bits per heavy atom. The van der Waals surface area contributed by atoms with Gasteiger partial charge >= 0.3 is 0 Å². The van der Waals surface area contributed by atoms with Crippen LogP contribution in [0.4, 0.5) is 0 Å². The van der Waals surface area contributed by atoms with Crippen LogP contribution in [0.15, 0.2) is 86.1 Å². The minimum Gasteiger partial charge on any atom is -0.457 e. The lowest BCUT2D eigenvalue weighted by molar-refractivity contribution is 0.102. The van der Waals surface area contributed by atoms with Gasteiger partial charge < -0.3 is 8.83 Å². The Morgan fingerprint density at radius 1 is 0.920 bits per heavy atom. The molecule has 0 atom stereocenters. The molecule has 0 amide bonds. The lowest BCUT2D eigenvalue weighted by Gasteiger charge is -1.99. The third-order valence-electron chi connectivity index (χ3n) is 3.83. The molecule has 0 bridgehead atoms. The summed E-state index contributed by atoms with van der Waals surface area (Å²) in [6, 6.07) is 20.8. The molecular formula is C21H13BrO3. The summed E-state index contributed by atoms with van der Waals surface area (Å²) in [6.45, 7) is 0. The number of ketones is 1. The van der Waals surface area contributed by atoms with E-state index in [1.54, 1.807) is 12.1 Å². The number of para-hydroxylation sites is 1. The zero-order valence-corrected chi connectivity index (χ0v) is 14.7. The fourth-order valence-electron chi connectivity index (χ4n) is 2.59. The summed E-state index contributed by atoms with van der Waals surface area (Å²) in [5, 5.41) is 0.911. The largest absolute Gasteiger partial charge is 0.457 e. The SMILES string of the molecule is O=C(/C=C/c1ccc(-c2ccccc2Br)o1)c1cc2ccccc2o1. The first kappa shape index (κ1) is 15.7. The van der Waals surface area contributed by atoms with E-state index in [-0.39, 0.29) is 5.78 Å². The Morgan fingerprint density at radius 3 is 2.56 bits per heavy atom. The normalized spacial score (nSPS) is 11.4. The average molecular weight is 393 g/mol. The van der Waals surface area contributed by atoms with E-state index in [1.165, 1.54) is 6.08 Å². The molecule has 0 saturated carbocycles. The minimum absolute atomic E-state index is 0.199. The van der Waals surface area contributed by atoms with Crippen molar-refractivity contribution in [1.29, 1.82) is 0 Å². The van der Waals surface area contributed by atoms with Crippen molar-refractivity contribution in [3.05, 3.63) is 88.8 Å². The molecule has 0 fully saturated rings. The van der Waals surface area contributed by atoms with Crippen LogP contribution in [-0.2, 0) is 0 Å². The number of hydrogen-bond acceptors (Lipinski definition) is 3. The molecule has 2 heterocycles. The van der Waals surface area contributed by atoms with Crippen molar-refractivity contribution in [3.63, 3.8) is 0 Å². The third-order valence-corrected chi connectivity index (χ3v) is 4.52. The Labute approximate surface area is 152 Å². The van der Waals surface area contributed by atoms with E-state index in [2.05, 4.69) is 15.9 Å². The molecule has 4 heteroatoms. The first-order chi connectivity index (χ1) is 12.2. The molecule has 0 spiro atoms. The molecule has 0 unspecified atom stereocenters. The molecule has 0 aliphatic heterocycles. The van der Waals surface area contributed by atoms with Crippen molar-refractivity contribution >= 4 is 38.8 Å². The molecular weight excluding hydrogens is 380 g/mol. The first-order valence-corrected chi connectivity index (χ1v) is 8.56. The summed E-state index contributed by atoms with van der Waals surface area (Å²) in [7, 11) is 0. The first-order valence-electron chi connectivity index (χ1n) is 7.76. The summed E-state index contributed by atoms with van der Waals surface area (Å²) in [6.07, 6.45) is 3.11. The van der Waals surface area contributed by atoms with Crippen LogP contribution in [0.3, 0.4) is 0 Å². The predicted molar refractivity (Wildman–Crippen MR) is 101 cm³/mol. The Hall–Kier alpha value is -2.85. The molecule has 0 aliphatic rings. The number of carbonyl (C=O) groups is 1. The number of fused-ring (bicyclic) bond motifs is 1. The third kappa shape index (κ3) is 3.21. The fourth-order valence-corrected chi connectivity index (χ4v) is 3.07. The Kier molecular flexibility index (Phi) is 4.12. The van der Waals surface area contributed by atoms with Gasteiger partial charge in [0.25, 0.3) is 0 Å². The lowest BCUT2D eigenvalue weighted by Crippen LogP contribution is -1.89. The van der Waals surface area contributed by atoms with Crippen LogP contribution in [-0.4, -0.2) is 5.78 Å². The van der Waals surface area contributed by atoms with E-state index in [4.69, 9.17) is 8.83 Å². The number of furan rings is 2. The van der Waals surface area contributed by atoms with E-state index < -0.39 is 0 Å². The maximum atomic E-state index is 12.3. The second-order valence-electron chi connectivity index (χ2n) is 5.53. The van der Waals surface area contributed by atoms with E-state index in [0.29, 0.717) is 17.1 Å². The van der Waals surface area contributed by atoms with Crippen LogP contribution in [0, 0.1) is 0 Å². The molecule has 0 N–H and O–H groups in total. The van der Waals surface area contributed by atoms with Gasteiger partial charge in [-0.1, -0.05) is 52.3 Å². The summed E-state index contributed by atoms with van der Waals surface area (Å²) >= 11 is 3.51. The van der Waals surface area contributed by atoms with Gasteiger partial charge in [-0.15, -0.1) is 0 Å². The van der Waals surface area contributed by atoms with E-state index in [1.807, 2.05) is 60.7 Å². The molecule has 4 rings (SSSR count). The zero-order chi connectivity index (χ0) is 17.2. The second-order valence-corrected chi connectivity index (χ2v) is 6.38. The lowest BCUT2D eigenvalue weighted by atomic mass is 10.2. The van der Waals surface area contributed by atoms with Crippen LogP contribution in [0.2, 0.25) is 0 Å². The highest BCUT2D eigenvalue weighted by atomic mass is 79.9. The second kappa shape index (κ2) is 6.57. The van der Waals surface area contributed by atoms with E-state index >= 15 is 0 Å². The smallest absolute Gasteiger partial charge is 0.221 e. The summed E-state index contributed by atoms with van der Waals surface area (Å²) in [5.74, 6) is 1.46. The number of allylic oxidation sites excluding steroid dienone is 1. The van der Waals surface area contributed by atoms with Gasteiger partial charge in [-0.2, -0.15) is 0 Å². The van der Waals surface area contributed by atoms with Crippen molar-refractivity contribution in [2.24, 2.45) is 0 Å². The fraction of sp³-hybridized carbons (Fsp3) is 0. The summed E-state index contributed by atoms with van der Waals surface area (Å²) in [5.41, 5.74) is 1.67. The van der Waals surface area contributed by atoms with Gasteiger partial charge in [-0.3, -0.25) is 4.79 Å². The number of carbonyl (C=O) groups excluding carboxylic acids is 1. The quantitative estimate of drug-likeness (QED) is 0.300. The molecule has 3 nitrogen and oxygen atoms in total. The van der Waals surface area contributed by atoms with E-state index in [0.717, 1.165) is 21.2 Å². The van der Waals surface area contributed by atoms with Crippen molar-refractivity contribution < 1.29 is 13.6 Å². The standard InChI is InChI=1S/C21H13BrO3/c22-17-7-3-2-6-16(17)20-12-10-15(24-20)9-11-18(23)21-13-14-5-1-4-8-19(14)25-21/h1-13H/b11-9+. The molecule has 122 valence electrons. The van der Waals surface area contributed by atoms with Gasteiger partial charge in [0.1, 0.15) is 17.1 Å². The highest BCUT2D eigenvalue weighted by molar-refractivity contribution is 9.10. The van der Waals surface area contributed by atoms with Gasteiger partial charge in [-0.05, 0) is 42.5 Å². The summed E-state index contributed by atoms with van der Waals surface area (Å²) in [4.78, 5) is 12.3. The molecule has 25 heavy (non-hydrogen) atoms. The zero-order valence-electron chi connectivity index (χ0n) is 13.1. The number of halogens is 1. The van der Waals surface area contributed by atoms with Gasteiger partial charge in [0.05, 0.1) is 0 Å². The molecule has 2 aromatic heterocycles. The molecule has 0 radical (unpaired) electrons. The number of hydrogen-bond donors (Lipinski definition) is 0. The van der Waals surface area contributed by atoms with Gasteiger partial charge in [0.15, 0.2) is 5.76 Å².